The van der Waals surface area contributed by atoms with Crippen molar-refractivity contribution in [2.75, 3.05) is 6.54 Å². The Bertz CT molecular complexity index is 746. The number of carbonyl (C=O) groups is 6. The highest BCUT2D eigenvalue weighted by atomic mass is 16.4. The lowest BCUT2D eigenvalue weighted by molar-refractivity contribution is -0.143. The lowest BCUT2D eigenvalue weighted by Gasteiger charge is -2.25. The summed E-state index contributed by atoms with van der Waals surface area (Å²) in [6.07, 6.45) is -1.96. The van der Waals surface area contributed by atoms with Crippen LogP contribution in [0.2, 0.25) is 0 Å². The van der Waals surface area contributed by atoms with E-state index in [0.717, 1.165) is 0 Å². The summed E-state index contributed by atoms with van der Waals surface area (Å²) in [5.74, 6) is -6.61. The first-order chi connectivity index (χ1) is 15.8. The van der Waals surface area contributed by atoms with Crippen LogP contribution in [-0.4, -0.2) is 87.7 Å². The third kappa shape index (κ3) is 12.1. The molecule has 0 aliphatic heterocycles. The van der Waals surface area contributed by atoms with E-state index in [4.69, 9.17) is 22.3 Å². The molecule has 0 aliphatic rings. The number of unbranched alkanes of at least 4 members (excludes halogenated alkanes) is 1. The summed E-state index contributed by atoms with van der Waals surface area (Å²) in [7, 11) is 0. The molecule has 15 nitrogen and oxygen atoms in total. The van der Waals surface area contributed by atoms with Crippen LogP contribution in [0.4, 0.5) is 0 Å². The molecular weight excluding hydrogens is 456 g/mol. The number of aliphatic hydroxyl groups is 1. The number of nitrogens with one attached hydrogen (secondary N) is 3. The SMILES string of the molecule is CC(O)C(N)C(=O)NC(CC(N)=O)C(=O)NC(CCC(=O)O)C(=O)NC(CCCCN)C(=O)O. The number of aliphatic carboxylic acids is 2. The molecule has 194 valence electrons. The molecule has 0 spiro atoms. The predicted octanol–water partition coefficient (Wildman–Crippen LogP) is -3.90. The van der Waals surface area contributed by atoms with Gasteiger partial charge in [-0.25, -0.2) is 4.79 Å². The van der Waals surface area contributed by atoms with Gasteiger partial charge in [0.25, 0.3) is 0 Å². The van der Waals surface area contributed by atoms with Gasteiger partial charge in [-0.05, 0) is 39.2 Å². The number of aliphatic hydroxyl groups excluding tert-OH is 1. The Kier molecular flexibility index (Phi) is 14.0. The van der Waals surface area contributed by atoms with Crippen LogP contribution < -0.4 is 33.2 Å². The second-order valence-electron chi connectivity index (χ2n) is 7.68. The Hall–Kier alpha value is -3.30. The molecule has 0 bridgehead atoms. The van der Waals surface area contributed by atoms with E-state index >= 15 is 0 Å². The standard InChI is InChI=1S/C19H34N6O9/c1-9(26)15(22)18(32)25-12(8-13(21)27)17(31)23-10(5-6-14(28)29)16(30)24-11(19(33)34)4-2-3-7-20/h9-12,15,26H,2-8,20,22H2,1H3,(H2,21,27)(H,23,31)(H,24,30)(H,25,32)(H,28,29)(H,33,34). The number of carboxylic acid groups (broad SMARTS) is 2. The number of amides is 4. The largest absolute Gasteiger partial charge is 0.481 e. The summed E-state index contributed by atoms with van der Waals surface area (Å²) in [6, 6.07) is -5.83. The van der Waals surface area contributed by atoms with Crippen molar-refractivity contribution in [3.63, 3.8) is 0 Å². The van der Waals surface area contributed by atoms with Gasteiger partial charge in [-0.15, -0.1) is 0 Å². The number of nitrogens with two attached hydrogens (primary N) is 3. The van der Waals surface area contributed by atoms with E-state index in [9.17, 15) is 39.0 Å². The quantitative estimate of drug-likeness (QED) is 0.0888. The average molecular weight is 491 g/mol. The molecule has 5 unspecified atom stereocenters. The van der Waals surface area contributed by atoms with Crippen molar-refractivity contribution in [1.82, 2.24) is 16.0 Å². The maximum absolute atomic E-state index is 12.7. The van der Waals surface area contributed by atoms with Crippen LogP contribution in [0.5, 0.6) is 0 Å². The summed E-state index contributed by atoms with van der Waals surface area (Å²) in [5, 5.41) is 34.3. The van der Waals surface area contributed by atoms with Crippen molar-refractivity contribution in [3.05, 3.63) is 0 Å². The fourth-order valence-corrected chi connectivity index (χ4v) is 2.73. The number of rotatable bonds is 17. The van der Waals surface area contributed by atoms with Crippen molar-refractivity contribution in [2.24, 2.45) is 17.2 Å². The topological polar surface area (TPSA) is 277 Å². The zero-order valence-electron chi connectivity index (χ0n) is 18.9. The van der Waals surface area contributed by atoms with Crippen LogP contribution in [0, 0.1) is 0 Å². The molecule has 12 N–H and O–H groups in total. The number of hydrogen-bond acceptors (Lipinski definition) is 9. The van der Waals surface area contributed by atoms with E-state index in [1.54, 1.807) is 0 Å². The molecule has 0 aromatic carbocycles. The Morgan fingerprint density at radius 2 is 1.35 bits per heavy atom. The molecule has 4 amide bonds. The average Bonchev–Trinajstić information content (AvgIpc) is 2.73. The Morgan fingerprint density at radius 3 is 1.82 bits per heavy atom. The molecule has 0 radical (unpaired) electrons. The predicted molar refractivity (Wildman–Crippen MR) is 117 cm³/mol. The van der Waals surface area contributed by atoms with Gasteiger partial charge >= 0.3 is 11.9 Å². The lowest BCUT2D eigenvalue weighted by atomic mass is 10.1. The van der Waals surface area contributed by atoms with E-state index in [0.29, 0.717) is 19.4 Å². The van der Waals surface area contributed by atoms with Crippen molar-refractivity contribution < 1.29 is 44.1 Å². The number of carboxylic acids is 2. The molecule has 0 rings (SSSR count). The summed E-state index contributed by atoms with van der Waals surface area (Å²) in [4.78, 5) is 71.3. The zero-order valence-corrected chi connectivity index (χ0v) is 18.9. The van der Waals surface area contributed by atoms with E-state index in [1.807, 2.05) is 0 Å². The zero-order chi connectivity index (χ0) is 26.4. The monoisotopic (exact) mass is 490 g/mol. The normalized spacial score (nSPS) is 15.2. The number of hydrogen-bond donors (Lipinski definition) is 9. The van der Waals surface area contributed by atoms with Gasteiger partial charge in [-0.2, -0.15) is 0 Å². The lowest BCUT2D eigenvalue weighted by Crippen LogP contribution is -2.58. The second kappa shape index (κ2) is 15.5. The van der Waals surface area contributed by atoms with Crippen molar-refractivity contribution in [3.8, 4) is 0 Å². The first-order valence-corrected chi connectivity index (χ1v) is 10.6. The van der Waals surface area contributed by atoms with Gasteiger partial charge in [0.2, 0.25) is 23.6 Å². The summed E-state index contributed by atoms with van der Waals surface area (Å²) < 4.78 is 0. The molecule has 0 aliphatic carbocycles. The number of primary amides is 1. The van der Waals surface area contributed by atoms with E-state index in [1.165, 1.54) is 6.92 Å². The van der Waals surface area contributed by atoms with E-state index in [-0.39, 0.29) is 6.42 Å². The van der Waals surface area contributed by atoms with Gasteiger partial charge in [0.15, 0.2) is 0 Å². The molecule has 0 saturated carbocycles. The summed E-state index contributed by atoms with van der Waals surface area (Å²) in [6.45, 7) is 1.55. The van der Waals surface area contributed by atoms with Crippen molar-refractivity contribution >= 4 is 35.6 Å². The minimum absolute atomic E-state index is 0.0511. The molecule has 0 saturated heterocycles. The summed E-state index contributed by atoms with van der Waals surface area (Å²) in [5.41, 5.74) is 16.0. The van der Waals surface area contributed by atoms with Crippen molar-refractivity contribution in [2.45, 2.75) is 75.7 Å². The van der Waals surface area contributed by atoms with Gasteiger partial charge in [0, 0.05) is 6.42 Å². The molecule has 0 fully saturated rings. The van der Waals surface area contributed by atoms with Gasteiger partial charge in [-0.3, -0.25) is 24.0 Å². The third-order valence-corrected chi connectivity index (χ3v) is 4.70. The highest BCUT2D eigenvalue weighted by Crippen LogP contribution is 2.05. The maximum Gasteiger partial charge on any atom is 0.326 e. The number of carbonyl (C=O) groups excluding carboxylic acids is 4. The fraction of sp³-hybridized carbons (Fsp3) is 0.684. The first kappa shape index (κ1) is 30.7. The Balaban J connectivity index is 5.55. The summed E-state index contributed by atoms with van der Waals surface area (Å²) >= 11 is 0. The Labute approximate surface area is 195 Å². The van der Waals surface area contributed by atoms with E-state index in [2.05, 4.69) is 16.0 Å². The van der Waals surface area contributed by atoms with Crippen LogP contribution in [0.3, 0.4) is 0 Å². The van der Waals surface area contributed by atoms with Crippen LogP contribution >= 0.6 is 0 Å². The maximum atomic E-state index is 12.7. The molecule has 0 aromatic heterocycles. The second-order valence-corrected chi connectivity index (χ2v) is 7.68. The molecule has 34 heavy (non-hydrogen) atoms. The van der Waals surface area contributed by atoms with Crippen molar-refractivity contribution in [1.29, 1.82) is 0 Å². The van der Waals surface area contributed by atoms with Crippen LogP contribution in [0.25, 0.3) is 0 Å². The van der Waals surface area contributed by atoms with Crippen LogP contribution in [0.1, 0.15) is 45.4 Å². The van der Waals surface area contributed by atoms with Gasteiger partial charge in [-0.1, -0.05) is 0 Å². The smallest absolute Gasteiger partial charge is 0.326 e. The van der Waals surface area contributed by atoms with Crippen LogP contribution in [0.15, 0.2) is 0 Å². The minimum atomic E-state index is -1.59. The molecular formula is C19H34N6O9. The molecule has 15 heteroatoms. The minimum Gasteiger partial charge on any atom is -0.481 e. The highest BCUT2D eigenvalue weighted by Gasteiger charge is 2.32. The molecule has 0 heterocycles. The third-order valence-electron chi connectivity index (χ3n) is 4.70. The van der Waals surface area contributed by atoms with Gasteiger partial charge in [0.05, 0.1) is 12.5 Å². The fourth-order valence-electron chi connectivity index (χ4n) is 2.73. The van der Waals surface area contributed by atoms with E-state index < -0.39 is 85.1 Å². The Morgan fingerprint density at radius 1 is 0.824 bits per heavy atom. The first-order valence-electron chi connectivity index (χ1n) is 10.6. The van der Waals surface area contributed by atoms with Crippen LogP contribution in [-0.2, 0) is 28.8 Å². The molecule has 0 aromatic rings. The van der Waals surface area contributed by atoms with Gasteiger partial charge < -0.3 is 48.5 Å². The highest BCUT2D eigenvalue weighted by molar-refractivity contribution is 5.96. The molecule has 5 atom stereocenters. The van der Waals surface area contributed by atoms with Gasteiger partial charge in [0.1, 0.15) is 24.2 Å².